The first-order valence-electron chi connectivity index (χ1n) is 5.83. The van der Waals surface area contributed by atoms with Crippen LogP contribution >= 0.6 is 0 Å². The SMILES string of the molecule is COC(=O)C(Cc1cccc(C)c1[I-]C)N(C)C. The summed E-state index contributed by atoms with van der Waals surface area (Å²) in [6.07, 6.45) is 0.726. The van der Waals surface area contributed by atoms with Gasteiger partial charge in [0, 0.05) is 0 Å². The van der Waals surface area contributed by atoms with Crippen molar-refractivity contribution < 1.29 is 30.7 Å². The number of aryl methyl sites for hydroxylation is 1. The first-order valence-corrected chi connectivity index (χ1v) is 9.07. The zero-order chi connectivity index (χ0) is 13.7. The third kappa shape index (κ3) is 3.68. The molecule has 0 aliphatic carbocycles. The van der Waals surface area contributed by atoms with Gasteiger partial charge in [0.2, 0.25) is 0 Å². The molecule has 1 aromatic rings. The molecule has 0 radical (unpaired) electrons. The molecule has 1 atom stereocenters. The van der Waals surface area contributed by atoms with E-state index in [1.54, 1.807) is 0 Å². The number of hydrogen-bond acceptors (Lipinski definition) is 3. The molecule has 0 saturated heterocycles. The zero-order valence-electron chi connectivity index (χ0n) is 11.7. The maximum atomic E-state index is 11.8. The molecule has 0 bridgehead atoms. The van der Waals surface area contributed by atoms with E-state index in [0.717, 1.165) is 6.42 Å². The monoisotopic (exact) mass is 362 g/mol. The van der Waals surface area contributed by atoms with Gasteiger partial charge in [-0.25, -0.2) is 0 Å². The van der Waals surface area contributed by atoms with Crippen molar-refractivity contribution in [2.45, 2.75) is 19.4 Å². The van der Waals surface area contributed by atoms with E-state index in [1.807, 2.05) is 19.0 Å². The predicted molar refractivity (Wildman–Crippen MR) is 69.0 cm³/mol. The van der Waals surface area contributed by atoms with E-state index in [2.05, 4.69) is 30.1 Å². The molecule has 0 aliphatic rings. The van der Waals surface area contributed by atoms with Gasteiger partial charge in [0.05, 0.1) is 0 Å². The van der Waals surface area contributed by atoms with Gasteiger partial charge in [0.15, 0.2) is 0 Å². The van der Waals surface area contributed by atoms with Gasteiger partial charge in [-0.05, 0) is 0 Å². The van der Waals surface area contributed by atoms with Gasteiger partial charge in [0.25, 0.3) is 0 Å². The number of halogens is 1. The summed E-state index contributed by atoms with van der Waals surface area (Å²) in [5.41, 5.74) is 2.62. The van der Waals surface area contributed by atoms with Crippen LogP contribution in [0.3, 0.4) is 0 Å². The second-order valence-corrected chi connectivity index (χ2v) is 6.60. The van der Waals surface area contributed by atoms with Crippen LogP contribution in [-0.2, 0) is 16.0 Å². The first-order chi connectivity index (χ1) is 8.51. The Balaban J connectivity index is 3.01. The van der Waals surface area contributed by atoms with E-state index in [-0.39, 0.29) is 33.2 Å². The molecule has 102 valence electrons. The Morgan fingerprint density at radius 1 is 1.44 bits per heavy atom. The number of ether oxygens (including phenoxy) is 1. The molecular weight excluding hydrogens is 341 g/mol. The van der Waals surface area contributed by atoms with Gasteiger partial charge in [-0.2, -0.15) is 0 Å². The van der Waals surface area contributed by atoms with Crippen LogP contribution in [0.15, 0.2) is 18.2 Å². The summed E-state index contributed by atoms with van der Waals surface area (Å²) in [4.78, 5) is 16.0. The fraction of sp³-hybridized carbons (Fsp3) is 0.500. The first kappa shape index (κ1) is 15.4. The average Bonchev–Trinajstić information content (AvgIpc) is 2.34. The van der Waals surface area contributed by atoms with Crippen LogP contribution < -0.4 is 21.2 Å². The van der Waals surface area contributed by atoms with E-state index in [1.165, 1.54) is 21.8 Å². The maximum absolute atomic E-state index is 11.8. The summed E-state index contributed by atoms with van der Waals surface area (Å²) in [6, 6.07) is 6.14. The number of rotatable bonds is 5. The number of esters is 1. The summed E-state index contributed by atoms with van der Waals surface area (Å²) >= 11 is 0.0192. The summed E-state index contributed by atoms with van der Waals surface area (Å²) in [6.45, 7) is 2.14. The van der Waals surface area contributed by atoms with Crippen LogP contribution in [0.1, 0.15) is 11.1 Å². The number of carbonyl (C=O) groups is 1. The fourth-order valence-corrected chi connectivity index (χ4v) is 4.08. The Hall–Kier alpha value is -0.620. The van der Waals surface area contributed by atoms with Gasteiger partial charge in [-0.1, -0.05) is 0 Å². The molecule has 0 saturated carbocycles. The van der Waals surface area contributed by atoms with Crippen molar-refractivity contribution in [3.63, 3.8) is 0 Å². The van der Waals surface area contributed by atoms with Crippen molar-refractivity contribution in [2.24, 2.45) is 0 Å². The summed E-state index contributed by atoms with van der Waals surface area (Å²) in [7, 11) is 5.28. The van der Waals surface area contributed by atoms with Crippen LogP contribution in [0.5, 0.6) is 0 Å². The van der Waals surface area contributed by atoms with Gasteiger partial charge in [-0.15, -0.1) is 0 Å². The van der Waals surface area contributed by atoms with Crippen LogP contribution in [0.25, 0.3) is 0 Å². The summed E-state index contributed by atoms with van der Waals surface area (Å²) < 4.78 is 6.33. The molecule has 0 heterocycles. The third-order valence-electron chi connectivity index (χ3n) is 2.97. The number of methoxy groups -OCH3 is 1. The van der Waals surface area contributed by atoms with Crippen LogP contribution in [0.2, 0.25) is 0 Å². The minimum atomic E-state index is -0.203. The molecule has 18 heavy (non-hydrogen) atoms. The van der Waals surface area contributed by atoms with Crippen molar-refractivity contribution in [2.75, 3.05) is 26.1 Å². The van der Waals surface area contributed by atoms with Crippen molar-refractivity contribution in [1.82, 2.24) is 4.90 Å². The zero-order valence-corrected chi connectivity index (χ0v) is 13.8. The van der Waals surface area contributed by atoms with Crippen molar-refractivity contribution in [3.05, 3.63) is 32.9 Å². The van der Waals surface area contributed by atoms with E-state index >= 15 is 0 Å². The number of carbonyl (C=O) groups excluding carboxylic acids is 1. The quantitative estimate of drug-likeness (QED) is 0.364. The molecule has 0 fully saturated rings. The van der Waals surface area contributed by atoms with Crippen molar-refractivity contribution >= 4 is 5.97 Å². The number of hydrogen-bond donors (Lipinski definition) is 0. The Bertz CT molecular complexity index is 418. The second-order valence-electron chi connectivity index (χ2n) is 4.44. The van der Waals surface area contributed by atoms with E-state index < -0.39 is 0 Å². The minimum absolute atomic E-state index is 0.0192. The van der Waals surface area contributed by atoms with E-state index in [9.17, 15) is 4.79 Å². The van der Waals surface area contributed by atoms with E-state index in [4.69, 9.17) is 4.74 Å². The Morgan fingerprint density at radius 2 is 2.11 bits per heavy atom. The van der Waals surface area contributed by atoms with Crippen molar-refractivity contribution in [1.29, 1.82) is 0 Å². The standard InChI is InChI=1S/C14H21INO2/c1-10-7-6-8-11(13(10)15-2)9-12(16(3)4)14(17)18-5/h6-8,12H,9H2,1-5H3/q-1. The molecule has 3 nitrogen and oxygen atoms in total. The number of alkyl halides is 1. The van der Waals surface area contributed by atoms with E-state index in [0.29, 0.717) is 0 Å². The van der Waals surface area contributed by atoms with Crippen LogP contribution in [-0.4, -0.2) is 43.0 Å². The molecule has 1 aromatic carbocycles. The topological polar surface area (TPSA) is 29.5 Å². The average molecular weight is 362 g/mol. The Morgan fingerprint density at radius 3 is 2.61 bits per heavy atom. The number of nitrogens with zero attached hydrogens (tertiary/aromatic N) is 1. The van der Waals surface area contributed by atoms with Crippen molar-refractivity contribution in [3.8, 4) is 0 Å². The van der Waals surface area contributed by atoms with Gasteiger partial charge in [0.1, 0.15) is 0 Å². The normalized spacial score (nSPS) is 12.8. The molecule has 0 aliphatic heterocycles. The fourth-order valence-electron chi connectivity index (χ4n) is 1.96. The van der Waals surface area contributed by atoms with Gasteiger partial charge < -0.3 is 0 Å². The molecule has 4 heteroatoms. The third-order valence-corrected chi connectivity index (χ3v) is 5.59. The van der Waals surface area contributed by atoms with Crippen LogP contribution in [0.4, 0.5) is 0 Å². The summed E-state index contributed by atoms with van der Waals surface area (Å²) in [5.74, 6) is -0.165. The van der Waals surface area contributed by atoms with Gasteiger partial charge >= 0.3 is 120 Å². The molecule has 0 aromatic heterocycles. The second kappa shape index (κ2) is 7.09. The Labute approximate surface area is 120 Å². The molecular formula is C14H21INO2-. The molecule has 0 N–H and O–H groups in total. The summed E-state index contributed by atoms with van der Waals surface area (Å²) in [5, 5.41) is 0. The van der Waals surface area contributed by atoms with Gasteiger partial charge in [-0.3, -0.25) is 0 Å². The predicted octanol–water partition coefficient (Wildman–Crippen LogP) is -1.47. The molecule has 1 unspecified atom stereocenters. The molecule has 0 spiro atoms. The van der Waals surface area contributed by atoms with Crippen LogP contribution in [0, 0.1) is 10.5 Å². The molecule has 1 rings (SSSR count). The molecule has 0 amide bonds. The number of benzene rings is 1. The Kier molecular flexibility index (Phi) is 6.08. The number of likely N-dealkylation sites (N-methyl/N-ethyl adjacent to an activating group) is 1.